The summed E-state index contributed by atoms with van der Waals surface area (Å²) in [7, 11) is 0. The van der Waals surface area contributed by atoms with Crippen LogP contribution in [0.2, 0.25) is 0 Å². The average Bonchev–Trinajstić information content (AvgIpc) is 2.19. The summed E-state index contributed by atoms with van der Waals surface area (Å²) in [5.74, 6) is 3.92. The van der Waals surface area contributed by atoms with E-state index in [-0.39, 0.29) is 0 Å². The lowest BCUT2D eigenvalue weighted by Crippen LogP contribution is -2.06. The van der Waals surface area contributed by atoms with Crippen molar-refractivity contribution in [1.82, 2.24) is 0 Å². The Morgan fingerprint density at radius 1 is 1.31 bits per heavy atom. The third-order valence-corrected chi connectivity index (χ3v) is 5.04. The van der Waals surface area contributed by atoms with Crippen LogP contribution in [-0.4, -0.2) is 17.3 Å². The standard InChI is InChI=1S/C11H14S2/c1-9-3-2-4-10(7-9)11-8-12-5-6-13-11/h2-4,7,11H,5-6,8H2,1H3. The molecule has 1 saturated heterocycles. The highest BCUT2D eigenvalue weighted by molar-refractivity contribution is 8.06. The van der Waals surface area contributed by atoms with E-state index in [1.165, 1.54) is 28.4 Å². The Morgan fingerprint density at radius 2 is 2.23 bits per heavy atom. The van der Waals surface area contributed by atoms with Crippen molar-refractivity contribution in [3.05, 3.63) is 35.4 Å². The van der Waals surface area contributed by atoms with Gasteiger partial charge < -0.3 is 0 Å². The molecule has 70 valence electrons. The number of rotatable bonds is 1. The quantitative estimate of drug-likeness (QED) is 0.695. The first-order chi connectivity index (χ1) is 6.36. The molecular weight excluding hydrogens is 196 g/mol. The monoisotopic (exact) mass is 210 g/mol. The fraction of sp³-hybridized carbons (Fsp3) is 0.455. The van der Waals surface area contributed by atoms with Crippen LogP contribution in [0.15, 0.2) is 24.3 Å². The van der Waals surface area contributed by atoms with Crippen LogP contribution in [0.25, 0.3) is 0 Å². The highest BCUT2D eigenvalue weighted by atomic mass is 32.2. The third kappa shape index (κ3) is 2.44. The fourth-order valence-electron chi connectivity index (χ4n) is 1.55. The predicted molar refractivity (Wildman–Crippen MR) is 63.7 cm³/mol. The zero-order valence-electron chi connectivity index (χ0n) is 7.82. The Bertz CT molecular complexity index is 277. The topological polar surface area (TPSA) is 0 Å². The van der Waals surface area contributed by atoms with E-state index in [0.717, 1.165) is 5.25 Å². The summed E-state index contributed by atoms with van der Waals surface area (Å²) in [6.07, 6.45) is 0. The number of hydrogen-bond acceptors (Lipinski definition) is 2. The van der Waals surface area contributed by atoms with Gasteiger partial charge in [-0.1, -0.05) is 29.8 Å². The van der Waals surface area contributed by atoms with Crippen LogP contribution in [0, 0.1) is 6.92 Å². The second-order valence-corrected chi connectivity index (χ2v) is 5.81. The van der Waals surface area contributed by atoms with E-state index in [4.69, 9.17) is 0 Å². The van der Waals surface area contributed by atoms with Crippen LogP contribution in [0.5, 0.6) is 0 Å². The number of benzene rings is 1. The SMILES string of the molecule is Cc1cccc(C2CSCCS2)c1. The van der Waals surface area contributed by atoms with Crippen molar-refractivity contribution in [1.29, 1.82) is 0 Å². The zero-order chi connectivity index (χ0) is 9.10. The summed E-state index contributed by atoms with van der Waals surface area (Å²) in [6, 6.07) is 8.93. The van der Waals surface area contributed by atoms with E-state index in [9.17, 15) is 0 Å². The van der Waals surface area contributed by atoms with Crippen LogP contribution in [0.4, 0.5) is 0 Å². The van der Waals surface area contributed by atoms with Gasteiger partial charge in [-0.15, -0.1) is 0 Å². The molecule has 1 aromatic rings. The van der Waals surface area contributed by atoms with Crippen molar-refractivity contribution in [2.45, 2.75) is 12.2 Å². The van der Waals surface area contributed by atoms with Crippen LogP contribution in [0.3, 0.4) is 0 Å². The van der Waals surface area contributed by atoms with Gasteiger partial charge in [-0.05, 0) is 12.5 Å². The minimum Gasteiger partial charge on any atom is -0.160 e. The van der Waals surface area contributed by atoms with Gasteiger partial charge in [-0.25, -0.2) is 0 Å². The molecule has 1 fully saturated rings. The molecule has 0 nitrogen and oxygen atoms in total. The Hall–Kier alpha value is -0.0800. The van der Waals surface area contributed by atoms with Crippen LogP contribution in [-0.2, 0) is 0 Å². The maximum Gasteiger partial charge on any atom is 0.0388 e. The molecule has 1 unspecified atom stereocenters. The number of hydrogen-bond donors (Lipinski definition) is 0. The predicted octanol–water partition coefficient (Wildman–Crippen LogP) is 3.52. The highest BCUT2D eigenvalue weighted by Gasteiger charge is 2.15. The van der Waals surface area contributed by atoms with Gasteiger partial charge in [0.25, 0.3) is 0 Å². The van der Waals surface area contributed by atoms with E-state index in [0.29, 0.717) is 0 Å². The molecule has 0 aromatic heterocycles. The van der Waals surface area contributed by atoms with Crippen molar-refractivity contribution in [2.75, 3.05) is 17.3 Å². The Balaban J connectivity index is 2.14. The maximum absolute atomic E-state index is 2.32. The zero-order valence-corrected chi connectivity index (χ0v) is 9.46. The summed E-state index contributed by atoms with van der Waals surface area (Å²) in [5.41, 5.74) is 2.89. The largest absolute Gasteiger partial charge is 0.160 e. The Labute approximate surface area is 88.5 Å². The number of aryl methyl sites for hydroxylation is 1. The third-order valence-electron chi connectivity index (χ3n) is 2.23. The maximum atomic E-state index is 2.32. The van der Waals surface area contributed by atoms with E-state index in [1.54, 1.807) is 0 Å². The van der Waals surface area contributed by atoms with E-state index in [2.05, 4.69) is 54.7 Å². The van der Waals surface area contributed by atoms with E-state index in [1.807, 2.05) is 0 Å². The minimum absolute atomic E-state index is 0.735. The van der Waals surface area contributed by atoms with Crippen molar-refractivity contribution >= 4 is 23.5 Å². The van der Waals surface area contributed by atoms with Gasteiger partial charge in [0, 0.05) is 22.5 Å². The van der Waals surface area contributed by atoms with Gasteiger partial charge in [0.15, 0.2) is 0 Å². The molecule has 1 aliphatic heterocycles. The highest BCUT2D eigenvalue weighted by Crippen LogP contribution is 2.36. The van der Waals surface area contributed by atoms with Crippen LogP contribution >= 0.6 is 23.5 Å². The van der Waals surface area contributed by atoms with Gasteiger partial charge in [0.05, 0.1) is 0 Å². The molecule has 0 aliphatic carbocycles. The Morgan fingerprint density at radius 3 is 2.92 bits per heavy atom. The second kappa shape index (κ2) is 4.43. The molecule has 0 amide bonds. The van der Waals surface area contributed by atoms with Gasteiger partial charge in [-0.3, -0.25) is 0 Å². The normalized spacial score (nSPS) is 23.0. The van der Waals surface area contributed by atoms with E-state index < -0.39 is 0 Å². The van der Waals surface area contributed by atoms with Crippen molar-refractivity contribution in [3.8, 4) is 0 Å². The lowest BCUT2D eigenvalue weighted by atomic mass is 10.1. The number of thioether (sulfide) groups is 2. The molecule has 0 radical (unpaired) electrons. The smallest absolute Gasteiger partial charge is 0.0388 e. The van der Waals surface area contributed by atoms with E-state index >= 15 is 0 Å². The van der Waals surface area contributed by atoms with Crippen molar-refractivity contribution in [3.63, 3.8) is 0 Å². The molecule has 0 N–H and O–H groups in total. The Kier molecular flexibility index (Phi) is 3.23. The molecule has 0 spiro atoms. The minimum atomic E-state index is 0.735. The van der Waals surface area contributed by atoms with Gasteiger partial charge in [0.2, 0.25) is 0 Å². The molecule has 1 aliphatic rings. The van der Waals surface area contributed by atoms with Crippen molar-refractivity contribution < 1.29 is 0 Å². The first-order valence-electron chi connectivity index (χ1n) is 4.62. The summed E-state index contributed by atoms with van der Waals surface area (Å²) >= 11 is 4.19. The molecule has 2 rings (SSSR count). The molecule has 2 heteroatoms. The van der Waals surface area contributed by atoms with Crippen LogP contribution in [0.1, 0.15) is 16.4 Å². The average molecular weight is 210 g/mol. The second-order valence-electron chi connectivity index (χ2n) is 3.35. The molecule has 1 heterocycles. The summed E-state index contributed by atoms with van der Waals surface area (Å²) < 4.78 is 0. The van der Waals surface area contributed by atoms with Crippen LogP contribution < -0.4 is 0 Å². The fourth-order valence-corrected chi connectivity index (χ4v) is 4.28. The first-order valence-corrected chi connectivity index (χ1v) is 6.82. The lowest BCUT2D eigenvalue weighted by molar-refractivity contribution is 1.09. The lowest BCUT2D eigenvalue weighted by Gasteiger charge is -2.21. The van der Waals surface area contributed by atoms with Gasteiger partial charge in [0.1, 0.15) is 0 Å². The van der Waals surface area contributed by atoms with Crippen molar-refractivity contribution in [2.24, 2.45) is 0 Å². The summed E-state index contributed by atoms with van der Waals surface area (Å²) in [4.78, 5) is 0. The molecule has 13 heavy (non-hydrogen) atoms. The first kappa shape index (κ1) is 9.47. The summed E-state index contributed by atoms with van der Waals surface area (Å²) in [6.45, 7) is 2.17. The molecule has 0 bridgehead atoms. The summed E-state index contributed by atoms with van der Waals surface area (Å²) in [5, 5.41) is 0.735. The molecule has 1 atom stereocenters. The van der Waals surface area contributed by atoms with Gasteiger partial charge >= 0.3 is 0 Å². The molecular formula is C11H14S2. The molecule has 0 saturated carbocycles. The molecule has 1 aromatic carbocycles. The van der Waals surface area contributed by atoms with Gasteiger partial charge in [-0.2, -0.15) is 23.5 Å².